The van der Waals surface area contributed by atoms with E-state index in [1.54, 1.807) is 30.3 Å². The quantitative estimate of drug-likeness (QED) is 0.555. The third-order valence-corrected chi connectivity index (χ3v) is 3.60. The molecule has 0 bridgehead atoms. The molecular formula is C20H21N3O2S. The standard InChI is InChI=1S/C20H21N3O2S/c1-14(2)19(25)21-16-9-11-17(12-10-16)22-20(26)23-18(24)13-8-15-6-4-3-5-7-15/h3-14H,1-2H3,(H,21,25)(H2,22,23,24,26)/b13-8+. The van der Waals surface area contributed by atoms with Gasteiger partial charge in [-0.25, -0.2) is 0 Å². The first-order valence-corrected chi connectivity index (χ1v) is 8.61. The summed E-state index contributed by atoms with van der Waals surface area (Å²) < 4.78 is 0. The van der Waals surface area contributed by atoms with E-state index in [2.05, 4.69) is 16.0 Å². The Balaban J connectivity index is 1.84. The molecule has 0 unspecified atom stereocenters. The molecule has 5 nitrogen and oxygen atoms in total. The van der Waals surface area contributed by atoms with E-state index in [-0.39, 0.29) is 22.8 Å². The number of carbonyl (C=O) groups excluding carboxylic acids is 2. The van der Waals surface area contributed by atoms with Crippen molar-refractivity contribution in [3.63, 3.8) is 0 Å². The Morgan fingerprint density at radius 3 is 2.08 bits per heavy atom. The number of benzene rings is 2. The average molecular weight is 367 g/mol. The number of carbonyl (C=O) groups is 2. The third-order valence-electron chi connectivity index (χ3n) is 3.40. The molecule has 3 N–H and O–H groups in total. The largest absolute Gasteiger partial charge is 0.332 e. The summed E-state index contributed by atoms with van der Waals surface area (Å²) in [7, 11) is 0. The van der Waals surface area contributed by atoms with Gasteiger partial charge in [0, 0.05) is 23.4 Å². The normalized spacial score (nSPS) is 10.6. The fourth-order valence-corrected chi connectivity index (χ4v) is 2.19. The number of amides is 2. The Bertz CT molecular complexity index is 800. The van der Waals surface area contributed by atoms with Crippen molar-refractivity contribution in [2.24, 2.45) is 5.92 Å². The molecule has 0 fully saturated rings. The van der Waals surface area contributed by atoms with E-state index in [1.807, 2.05) is 44.2 Å². The van der Waals surface area contributed by atoms with Crippen LogP contribution in [0.25, 0.3) is 6.08 Å². The summed E-state index contributed by atoms with van der Waals surface area (Å²) in [6, 6.07) is 16.6. The van der Waals surface area contributed by atoms with Gasteiger partial charge in [-0.3, -0.25) is 14.9 Å². The average Bonchev–Trinajstić information content (AvgIpc) is 2.62. The van der Waals surface area contributed by atoms with E-state index in [9.17, 15) is 9.59 Å². The van der Waals surface area contributed by atoms with E-state index in [0.29, 0.717) is 11.4 Å². The minimum absolute atomic E-state index is 0.0429. The second-order valence-corrected chi connectivity index (χ2v) is 6.32. The van der Waals surface area contributed by atoms with Crippen molar-refractivity contribution in [2.75, 3.05) is 10.6 Å². The zero-order valence-electron chi connectivity index (χ0n) is 14.7. The molecule has 2 rings (SSSR count). The van der Waals surface area contributed by atoms with Gasteiger partial charge in [-0.1, -0.05) is 44.2 Å². The highest BCUT2D eigenvalue weighted by molar-refractivity contribution is 7.80. The van der Waals surface area contributed by atoms with Gasteiger partial charge in [0.1, 0.15) is 0 Å². The summed E-state index contributed by atoms with van der Waals surface area (Å²) in [5.41, 5.74) is 2.35. The van der Waals surface area contributed by atoms with Crippen LogP contribution in [0.1, 0.15) is 19.4 Å². The van der Waals surface area contributed by atoms with E-state index in [4.69, 9.17) is 12.2 Å². The van der Waals surface area contributed by atoms with E-state index in [0.717, 1.165) is 5.56 Å². The maximum atomic E-state index is 11.9. The minimum Gasteiger partial charge on any atom is -0.332 e. The van der Waals surface area contributed by atoms with Gasteiger partial charge in [-0.15, -0.1) is 0 Å². The van der Waals surface area contributed by atoms with Gasteiger partial charge >= 0.3 is 0 Å². The molecule has 0 saturated heterocycles. The highest BCUT2D eigenvalue weighted by Gasteiger charge is 2.07. The second-order valence-electron chi connectivity index (χ2n) is 5.91. The summed E-state index contributed by atoms with van der Waals surface area (Å²) in [5.74, 6) is -0.439. The van der Waals surface area contributed by atoms with Crippen molar-refractivity contribution in [3.8, 4) is 0 Å². The molecule has 26 heavy (non-hydrogen) atoms. The summed E-state index contributed by atoms with van der Waals surface area (Å²) in [5, 5.41) is 8.52. The van der Waals surface area contributed by atoms with Crippen LogP contribution in [-0.4, -0.2) is 16.9 Å². The number of thiocarbonyl (C=S) groups is 1. The van der Waals surface area contributed by atoms with Gasteiger partial charge in [0.25, 0.3) is 0 Å². The first-order valence-electron chi connectivity index (χ1n) is 8.20. The van der Waals surface area contributed by atoms with Gasteiger partial charge in [0.15, 0.2) is 5.11 Å². The summed E-state index contributed by atoms with van der Waals surface area (Å²) >= 11 is 5.13. The summed E-state index contributed by atoms with van der Waals surface area (Å²) in [6.45, 7) is 3.66. The number of rotatable bonds is 5. The van der Waals surface area contributed by atoms with Crippen molar-refractivity contribution in [1.29, 1.82) is 0 Å². The van der Waals surface area contributed by atoms with Gasteiger partial charge in [0.05, 0.1) is 0 Å². The molecule has 2 aromatic rings. The zero-order valence-corrected chi connectivity index (χ0v) is 15.5. The van der Waals surface area contributed by atoms with Crippen molar-refractivity contribution in [1.82, 2.24) is 5.32 Å². The van der Waals surface area contributed by atoms with Crippen LogP contribution in [0.2, 0.25) is 0 Å². The molecule has 0 spiro atoms. The Morgan fingerprint density at radius 1 is 0.923 bits per heavy atom. The van der Waals surface area contributed by atoms with Crippen LogP contribution < -0.4 is 16.0 Å². The molecule has 0 saturated carbocycles. The Labute approximate surface area is 158 Å². The molecule has 0 atom stereocenters. The molecule has 0 aliphatic carbocycles. The Kier molecular flexibility index (Phi) is 7.05. The third kappa shape index (κ3) is 6.49. The summed E-state index contributed by atoms with van der Waals surface area (Å²) in [6.07, 6.45) is 3.14. The maximum absolute atomic E-state index is 11.9. The van der Waals surface area contributed by atoms with E-state index >= 15 is 0 Å². The first kappa shape index (κ1) is 19.3. The topological polar surface area (TPSA) is 70.2 Å². The minimum atomic E-state index is -0.313. The summed E-state index contributed by atoms with van der Waals surface area (Å²) in [4.78, 5) is 23.5. The predicted molar refractivity (Wildman–Crippen MR) is 110 cm³/mol. The lowest BCUT2D eigenvalue weighted by Crippen LogP contribution is -2.32. The molecule has 2 amide bonds. The molecular weight excluding hydrogens is 346 g/mol. The number of anilines is 2. The molecule has 0 aliphatic heterocycles. The monoisotopic (exact) mass is 367 g/mol. The van der Waals surface area contributed by atoms with Crippen LogP contribution in [-0.2, 0) is 9.59 Å². The van der Waals surface area contributed by atoms with Crippen LogP contribution in [0.5, 0.6) is 0 Å². The van der Waals surface area contributed by atoms with Crippen LogP contribution >= 0.6 is 12.2 Å². The predicted octanol–water partition coefficient (Wildman–Crippen LogP) is 3.81. The van der Waals surface area contributed by atoms with E-state index < -0.39 is 0 Å². The lowest BCUT2D eigenvalue weighted by molar-refractivity contribution is -0.119. The molecule has 6 heteroatoms. The Hall–Kier alpha value is -2.99. The fourth-order valence-electron chi connectivity index (χ4n) is 1.98. The maximum Gasteiger partial charge on any atom is 0.250 e. The molecule has 0 heterocycles. The number of hydrogen-bond donors (Lipinski definition) is 3. The molecule has 0 aliphatic rings. The SMILES string of the molecule is CC(C)C(=O)Nc1ccc(NC(=S)NC(=O)/C=C/c2ccccc2)cc1. The van der Waals surface area contributed by atoms with Crippen LogP contribution in [0.3, 0.4) is 0 Å². The number of nitrogens with one attached hydrogen (secondary N) is 3. The van der Waals surface area contributed by atoms with E-state index in [1.165, 1.54) is 6.08 Å². The van der Waals surface area contributed by atoms with Crippen LogP contribution in [0, 0.1) is 5.92 Å². The lowest BCUT2D eigenvalue weighted by Gasteiger charge is -2.10. The highest BCUT2D eigenvalue weighted by Crippen LogP contribution is 2.14. The van der Waals surface area contributed by atoms with Crippen molar-refractivity contribution >= 4 is 46.6 Å². The smallest absolute Gasteiger partial charge is 0.250 e. The Morgan fingerprint density at radius 2 is 1.50 bits per heavy atom. The first-order chi connectivity index (χ1) is 12.4. The van der Waals surface area contributed by atoms with Crippen molar-refractivity contribution < 1.29 is 9.59 Å². The lowest BCUT2D eigenvalue weighted by atomic mass is 10.2. The van der Waals surface area contributed by atoms with Crippen molar-refractivity contribution in [2.45, 2.75) is 13.8 Å². The van der Waals surface area contributed by atoms with Crippen LogP contribution in [0.15, 0.2) is 60.7 Å². The number of hydrogen-bond acceptors (Lipinski definition) is 3. The van der Waals surface area contributed by atoms with Gasteiger partial charge in [-0.05, 0) is 48.1 Å². The molecule has 134 valence electrons. The van der Waals surface area contributed by atoms with Gasteiger partial charge in [0.2, 0.25) is 11.8 Å². The molecule has 0 radical (unpaired) electrons. The van der Waals surface area contributed by atoms with Gasteiger partial charge in [-0.2, -0.15) is 0 Å². The fraction of sp³-hybridized carbons (Fsp3) is 0.150. The molecule has 0 aromatic heterocycles. The highest BCUT2D eigenvalue weighted by atomic mass is 32.1. The van der Waals surface area contributed by atoms with Crippen LogP contribution in [0.4, 0.5) is 11.4 Å². The molecule has 2 aromatic carbocycles. The second kappa shape index (κ2) is 9.48. The van der Waals surface area contributed by atoms with Crippen molar-refractivity contribution in [3.05, 3.63) is 66.2 Å². The van der Waals surface area contributed by atoms with Gasteiger partial charge < -0.3 is 10.6 Å². The zero-order chi connectivity index (χ0) is 18.9.